The SMILES string of the molecule is CCCC(CCCC1=N/C(=C/c2ccc[nH]2)C=C1)c1ccc(C=O)[nH]1. The molecule has 3 heterocycles. The molecule has 25 heavy (non-hydrogen) atoms. The molecule has 2 aromatic heterocycles. The van der Waals surface area contributed by atoms with Gasteiger partial charge >= 0.3 is 0 Å². The highest BCUT2D eigenvalue weighted by molar-refractivity contribution is 5.99. The molecule has 1 aliphatic rings. The van der Waals surface area contributed by atoms with Crippen molar-refractivity contribution in [2.45, 2.75) is 44.9 Å². The van der Waals surface area contributed by atoms with E-state index in [0.29, 0.717) is 11.6 Å². The molecule has 1 atom stereocenters. The van der Waals surface area contributed by atoms with Gasteiger partial charge in [-0.05, 0) is 74.1 Å². The Morgan fingerprint density at radius 3 is 2.80 bits per heavy atom. The van der Waals surface area contributed by atoms with Gasteiger partial charge in [-0.2, -0.15) is 0 Å². The fourth-order valence-electron chi connectivity index (χ4n) is 3.30. The Hall–Kier alpha value is -2.62. The van der Waals surface area contributed by atoms with E-state index >= 15 is 0 Å². The van der Waals surface area contributed by atoms with Crippen LogP contribution < -0.4 is 0 Å². The second-order valence-corrected chi connectivity index (χ2v) is 6.50. The number of carbonyl (C=O) groups excluding carboxylic acids is 1. The van der Waals surface area contributed by atoms with Crippen LogP contribution in [0.4, 0.5) is 0 Å². The number of carbonyl (C=O) groups is 1. The van der Waals surface area contributed by atoms with Crippen LogP contribution in [0.25, 0.3) is 6.08 Å². The molecule has 0 fully saturated rings. The van der Waals surface area contributed by atoms with Gasteiger partial charge in [-0.25, -0.2) is 0 Å². The highest BCUT2D eigenvalue weighted by Gasteiger charge is 2.13. The van der Waals surface area contributed by atoms with E-state index in [1.54, 1.807) is 0 Å². The van der Waals surface area contributed by atoms with Crippen molar-refractivity contribution >= 4 is 18.1 Å². The van der Waals surface area contributed by atoms with Gasteiger partial charge in [0.2, 0.25) is 0 Å². The lowest BCUT2D eigenvalue weighted by atomic mass is 9.93. The van der Waals surface area contributed by atoms with Crippen LogP contribution in [0.15, 0.2) is 53.3 Å². The fourth-order valence-corrected chi connectivity index (χ4v) is 3.30. The smallest absolute Gasteiger partial charge is 0.166 e. The van der Waals surface area contributed by atoms with Gasteiger partial charge in [0.05, 0.1) is 11.4 Å². The van der Waals surface area contributed by atoms with Crippen molar-refractivity contribution in [1.29, 1.82) is 0 Å². The van der Waals surface area contributed by atoms with Gasteiger partial charge < -0.3 is 9.97 Å². The van der Waals surface area contributed by atoms with Gasteiger partial charge in [0.1, 0.15) is 0 Å². The molecular weight excluding hydrogens is 310 g/mol. The molecule has 0 aliphatic carbocycles. The Bertz CT molecular complexity index is 778. The Kier molecular flexibility index (Phi) is 5.83. The average molecular weight is 335 g/mol. The number of rotatable bonds is 9. The van der Waals surface area contributed by atoms with E-state index in [1.165, 1.54) is 5.69 Å². The van der Waals surface area contributed by atoms with E-state index in [-0.39, 0.29) is 0 Å². The summed E-state index contributed by atoms with van der Waals surface area (Å²) in [5.74, 6) is 0.485. The van der Waals surface area contributed by atoms with Gasteiger partial charge in [0, 0.05) is 23.3 Å². The molecule has 2 N–H and O–H groups in total. The summed E-state index contributed by atoms with van der Waals surface area (Å²) in [4.78, 5) is 22.0. The zero-order valence-electron chi connectivity index (χ0n) is 14.7. The highest BCUT2D eigenvalue weighted by Crippen LogP contribution is 2.27. The summed E-state index contributed by atoms with van der Waals surface area (Å²) >= 11 is 0. The lowest BCUT2D eigenvalue weighted by Gasteiger charge is -2.14. The molecule has 0 saturated carbocycles. The molecule has 4 nitrogen and oxygen atoms in total. The van der Waals surface area contributed by atoms with Gasteiger partial charge in [-0.15, -0.1) is 0 Å². The van der Waals surface area contributed by atoms with Crippen LogP contribution in [-0.4, -0.2) is 22.0 Å². The van der Waals surface area contributed by atoms with E-state index in [1.807, 2.05) is 30.5 Å². The molecule has 0 bridgehead atoms. The quantitative estimate of drug-likeness (QED) is 0.603. The molecule has 0 aromatic carbocycles. The van der Waals surface area contributed by atoms with E-state index in [0.717, 1.165) is 55.5 Å². The van der Waals surface area contributed by atoms with E-state index in [9.17, 15) is 4.79 Å². The molecule has 130 valence electrons. The summed E-state index contributed by atoms with van der Waals surface area (Å²) in [5.41, 5.74) is 5.07. The number of aliphatic imine (C=N–C) groups is 1. The predicted molar refractivity (Wildman–Crippen MR) is 103 cm³/mol. The highest BCUT2D eigenvalue weighted by atomic mass is 16.1. The number of allylic oxidation sites excluding steroid dienone is 2. The van der Waals surface area contributed by atoms with Crippen molar-refractivity contribution in [3.8, 4) is 0 Å². The summed E-state index contributed by atoms with van der Waals surface area (Å²) in [6.07, 6.45) is 14.5. The van der Waals surface area contributed by atoms with Crippen molar-refractivity contribution < 1.29 is 4.79 Å². The molecule has 3 rings (SSSR count). The lowest BCUT2D eigenvalue weighted by molar-refractivity contribution is 0.111. The zero-order valence-corrected chi connectivity index (χ0v) is 14.7. The standard InChI is InChI=1S/C21H25N3O/c1-2-5-16(21-12-11-20(15-25)24-21)6-3-7-17-9-10-19(23-17)14-18-8-4-13-22-18/h4,8-16,22,24H,2-3,5-7H2,1H3/b19-14+. The summed E-state index contributed by atoms with van der Waals surface area (Å²) < 4.78 is 0. The van der Waals surface area contributed by atoms with E-state index < -0.39 is 0 Å². The molecule has 0 spiro atoms. The van der Waals surface area contributed by atoms with Crippen LogP contribution >= 0.6 is 0 Å². The molecule has 2 aromatic rings. The average Bonchev–Trinajstić information content (AvgIpc) is 3.36. The molecule has 4 heteroatoms. The van der Waals surface area contributed by atoms with Crippen molar-refractivity contribution in [3.05, 3.63) is 65.4 Å². The van der Waals surface area contributed by atoms with Gasteiger partial charge in [0.15, 0.2) is 6.29 Å². The first kappa shape index (κ1) is 17.2. The lowest BCUT2D eigenvalue weighted by Crippen LogP contribution is -2.01. The van der Waals surface area contributed by atoms with Crippen LogP contribution in [0.5, 0.6) is 0 Å². The predicted octanol–water partition coefficient (Wildman–Crippen LogP) is 5.26. The normalized spacial score (nSPS) is 16.4. The van der Waals surface area contributed by atoms with Gasteiger partial charge in [0.25, 0.3) is 0 Å². The summed E-state index contributed by atoms with van der Waals surface area (Å²) in [6, 6.07) is 7.94. The molecule has 0 amide bonds. The molecule has 0 radical (unpaired) electrons. The molecule has 0 saturated heterocycles. The summed E-state index contributed by atoms with van der Waals surface area (Å²) in [7, 11) is 0. The first-order valence-corrected chi connectivity index (χ1v) is 9.03. The number of aromatic nitrogens is 2. The second kappa shape index (κ2) is 8.47. The van der Waals surface area contributed by atoms with Crippen LogP contribution in [0, 0.1) is 0 Å². The number of aldehydes is 1. The van der Waals surface area contributed by atoms with Crippen molar-refractivity contribution in [2.75, 3.05) is 0 Å². The largest absolute Gasteiger partial charge is 0.362 e. The van der Waals surface area contributed by atoms with Crippen molar-refractivity contribution in [1.82, 2.24) is 9.97 Å². The number of nitrogens with one attached hydrogen (secondary N) is 2. The fraction of sp³-hybridized carbons (Fsp3) is 0.333. The van der Waals surface area contributed by atoms with Gasteiger partial charge in [-0.1, -0.05) is 13.3 Å². The maximum atomic E-state index is 10.9. The maximum absolute atomic E-state index is 10.9. The van der Waals surface area contributed by atoms with Crippen LogP contribution in [-0.2, 0) is 0 Å². The Morgan fingerprint density at radius 2 is 2.08 bits per heavy atom. The van der Waals surface area contributed by atoms with Gasteiger partial charge in [-0.3, -0.25) is 9.79 Å². The minimum atomic E-state index is 0.485. The Labute approximate surface area is 148 Å². The third-order valence-corrected chi connectivity index (χ3v) is 4.57. The number of hydrogen-bond acceptors (Lipinski definition) is 2. The first-order valence-electron chi connectivity index (χ1n) is 9.03. The van der Waals surface area contributed by atoms with Crippen molar-refractivity contribution in [3.63, 3.8) is 0 Å². The van der Waals surface area contributed by atoms with Crippen LogP contribution in [0.3, 0.4) is 0 Å². The number of nitrogens with zero attached hydrogens (tertiary/aromatic N) is 1. The monoisotopic (exact) mass is 335 g/mol. The minimum Gasteiger partial charge on any atom is -0.362 e. The summed E-state index contributed by atoms with van der Waals surface area (Å²) in [6.45, 7) is 2.21. The van der Waals surface area contributed by atoms with Crippen LogP contribution in [0.2, 0.25) is 0 Å². The minimum absolute atomic E-state index is 0.485. The zero-order chi connectivity index (χ0) is 17.5. The summed E-state index contributed by atoms with van der Waals surface area (Å²) in [5, 5.41) is 0. The third-order valence-electron chi connectivity index (χ3n) is 4.57. The Morgan fingerprint density at radius 1 is 1.16 bits per heavy atom. The maximum Gasteiger partial charge on any atom is 0.166 e. The van der Waals surface area contributed by atoms with E-state index in [2.05, 4.69) is 40.1 Å². The topological polar surface area (TPSA) is 61.0 Å². The molecule has 1 aliphatic heterocycles. The van der Waals surface area contributed by atoms with E-state index in [4.69, 9.17) is 0 Å². The first-order chi connectivity index (χ1) is 12.3. The number of aromatic amines is 2. The number of hydrogen-bond donors (Lipinski definition) is 2. The van der Waals surface area contributed by atoms with Crippen LogP contribution in [0.1, 0.15) is 66.8 Å². The third kappa shape index (κ3) is 4.69. The number of H-pyrrole nitrogens is 2. The molecular formula is C21H25N3O. The Balaban J connectivity index is 1.54. The molecule has 1 unspecified atom stereocenters. The second-order valence-electron chi connectivity index (χ2n) is 6.50. The van der Waals surface area contributed by atoms with Crippen molar-refractivity contribution in [2.24, 2.45) is 4.99 Å².